The highest BCUT2D eigenvalue weighted by Gasteiger charge is 2.59. The van der Waals surface area contributed by atoms with Gasteiger partial charge in [-0.05, 0) is 30.6 Å². The fraction of sp³-hybridized carbons (Fsp3) is 0.818. The van der Waals surface area contributed by atoms with Crippen molar-refractivity contribution in [2.24, 2.45) is 41.4 Å². The summed E-state index contributed by atoms with van der Waals surface area (Å²) in [7, 11) is 2.92. The van der Waals surface area contributed by atoms with E-state index in [0.717, 1.165) is 12.8 Å². The second-order valence-electron chi connectivity index (χ2n) is 8.95. The van der Waals surface area contributed by atoms with Crippen LogP contribution in [0.15, 0.2) is 12.2 Å². The summed E-state index contributed by atoms with van der Waals surface area (Å²) in [5.74, 6) is -0.785. The monoisotopic (exact) mass is 394 g/mol. The SMILES string of the molecule is COCO[C@@H]1[C@H]2C=C[C@@H]1[C@H](C(=O)O[C@@H]1C[C@H](C)CC[C@H]1C(C)C)[C@H]2C(=O)OC. The molecule has 3 rings (SSSR count). The molecule has 0 saturated heterocycles. The van der Waals surface area contributed by atoms with Crippen molar-refractivity contribution in [1.29, 1.82) is 0 Å². The van der Waals surface area contributed by atoms with Gasteiger partial charge in [-0.15, -0.1) is 0 Å². The summed E-state index contributed by atoms with van der Waals surface area (Å²) in [6, 6.07) is 0. The van der Waals surface area contributed by atoms with Gasteiger partial charge in [-0.1, -0.05) is 39.3 Å². The van der Waals surface area contributed by atoms with E-state index in [1.807, 2.05) is 12.2 Å². The van der Waals surface area contributed by atoms with Gasteiger partial charge in [0.2, 0.25) is 0 Å². The van der Waals surface area contributed by atoms with E-state index in [-0.39, 0.29) is 42.8 Å². The summed E-state index contributed by atoms with van der Waals surface area (Å²) >= 11 is 0. The number of esters is 2. The lowest BCUT2D eigenvalue weighted by Crippen LogP contribution is -2.41. The maximum absolute atomic E-state index is 13.3. The van der Waals surface area contributed by atoms with Crippen LogP contribution in [0.25, 0.3) is 0 Å². The summed E-state index contributed by atoms with van der Waals surface area (Å²) < 4.78 is 21.9. The smallest absolute Gasteiger partial charge is 0.310 e. The second kappa shape index (κ2) is 8.95. The van der Waals surface area contributed by atoms with Gasteiger partial charge in [0.15, 0.2) is 0 Å². The minimum Gasteiger partial charge on any atom is -0.469 e. The first-order valence-corrected chi connectivity index (χ1v) is 10.5. The zero-order chi connectivity index (χ0) is 20.4. The number of carbonyl (C=O) groups excluding carboxylic acids is 2. The zero-order valence-electron chi connectivity index (χ0n) is 17.6. The molecule has 3 aliphatic carbocycles. The van der Waals surface area contributed by atoms with Crippen molar-refractivity contribution in [2.75, 3.05) is 21.0 Å². The second-order valence-corrected chi connectivity index (χ2v) is 8.95. The topological polar surface area (TPSA) is 71.1 Å². The van der Waals surface area contributed by atoms with Crippen LogP contribution < -0.4 is 0 Å². The van der Waals surface area contributed by atoms with Gasteiger partial charge in [-0.3, -0.25) is 9.59 Å². The fourth-order valence-electron chi connectivity index (χ4n) is 5.45. The largest absolute Gasteiger partial charge is 0.469 e. The molecular formula is C22H34O6. The molecule has 2 bridgehead atoms. The number of rotatable bonds is 7. The lowest BCUT2D eigenvalue weighted by molar-refractivity contribution is -0.168. The normalized spacial score (nSPS) is 39.4. The third kappa shape index (κ3) is 3.99. The first kappa shape index (κ1) is 21.3. The Balaban J connectivity index is 1.78. The Morgan fingerprint density at radius 1 is 1.04 bits per heavy atom. The van der Waals surface area contributed by atoms with Crippen LogP contribution in [0.2, 0.25) is 0 Å². The van der Waals surface area contributed by atoms with E-state index in [9.17, 15) is 9.59 Å². The number of carbonyl (C=O) groups is 2. The van der Waals surface area contributed by atoms with Crippen molar-refractivity contribution < 1.29 is 28.5 Å². The molecule has 0 aromatic rings. The Morgan fingerprint density at radius 3 is 2.25 bits per heavy atom. The average Bonchev–Trinajstić information content (AvgIpc) is 3.20. The minimum atomic E-state index is -0.562. The third-order valence-electron chi connectivity index (χ3n) is 6.88. The van der Waals surface area contributed by atoms with E-state index >= 15 is 0 Å². The standard InChI is InChI=1S/C22H34O6/c1-12(2)14-7-6-13(3)10-17(14)28-22(24)19-16-9-8-15(18(19)21(23)26-5)20(16)27-11-25-4/h8-9,12-20H,6-7,10-11H2,1-5H3/t13-,14+,15+,16-,17-,18+,19+,20-/m1/s1. The Bertz CT molecular complexity index is 600. The number of fused-ring (bicyclic) bond motifs is 2. The summed E-state index contributed by atoms with van der Waals surface area (Å²) in [4.78, 5) is 25.8. The van der Waals surface area contributed by atoms with Crippen LogP contribution in [0.3, 0.4) is 0 Å². The molecule has 0 radical (unpaired) electrons. The van der Waals surface area contributed by atoms with Crippen molar-refractivity contribution in [3.05, 3.63) is 12.2 Å². The minimum absolute atomic E-state index is 0.0870. The molecule has 2 fully saturated rings. The maximum atomic E-state index is 13.3. The summed E-state index contributed by atoms with van der Waals surface area (Å²) in [5, 5.41) is 0. The summed E-state index contributed by atoms with van der Waals surface area (Å²) in [5.41, 5.74) is 0. The Labute approximate surface area is 167 Å². The molecule has 0 aliphatic heterocycles. The van der Waals surface area contributed by atoms with Gasteiger partial charge in [0.25, 0.3) is 0 Å². The van der Waals surface area contributed by atoms with Crippen molar-refractivity contribution in [2.45, 2.75) is 52.2 Å². The number of hydrogen-bond acceptors (Lipinski definition) is 6. The van der Waals surface area contributed by atoms with Crippen LogP contribution in [0.1, 0.15) is 40.0 Å². The van der Waals surface area contributed by atoms with Crippen LogP contribution >= 0.6 is 0 Å². The van der Waals surface area contributed by atoms with E-state index in [1.165, 1.54) is 13.5 Å². The number of methoxy groups -OCH3 is 2. The molecule has 2 saturated carbocycles. The number of hydrogen-bond donors (Lipinski definition) is 0. The molecule has 0 unspecified atom stereocenters. The van der Waals surface area contributed by atoms with Gasteiger partial charge in [0, 0.05) is 18.9 Å². The van der Waals surface area contributed by atoms with E-state index in [1.54, 1.807) is 7.11 Å². The van der Waals surface area contributed by atoms with Gasteiger partial charge in [0.1, 0.15) is 12.9 Å². The van der Waals surface area contributed by atoms with Gasteiger partial charge >= 0.3 is 11.9 Å². The lowest BCUT2D eigenvalue weighted by atomic mass is 9.75. The predicted octanol–water partition coefficient (Wildman–Crippen LogP) is 3.20. The predicted molar refractivity (Wildman–Crippen MR) is 103 cm³/mol. The molecule has 0 amide bonds. The molecule has 0 heterocycles. The fourth-order valence-corrected chi connectivity index (χ4v) is 5.45. The van der Waals surface area contributed by atoms with Crippen molar-refractivity contribution in [1.82, 2.24) is 0 Å². The Morgan fingerprint density at radius 2 is 1.68 bits per heavy atom. The summed E-state index contributed by atoms with van der Waals surface area (Å²) in [6.07, 6.45) is 6.75. The molecule has 158 valence electrons. The van der Waals surface area contributed by atoms with E-state index in [4.69, 9.17) is 18.9 Å². The first-order valence-electron chi connectivity index (χ1n) is 10.5. The van der Waals surface area contributed by atoms with Crippen LogP contribution in [-0.4, -0.2) is 45.2 Å². The highest BCUT2D eigenvalue weighted by molar-refractivity contribution is 5.85. The molecule has 0 aromatic heterocycles. The van der Waals surface area contributed by atoms with Gasteiger partial charge < -0.3 is 18.9 Å². The average molecular weight is 395 g/mol. The van der Waals surface area contributed by atoms with Crippen molar-refractivity contribution >= 4 is 11.9 Å². The highest BCUT2D eigenvalue weighted by atomic mass is 16.7. The van der Waals surface area contributed by atoms with Crippen molar-refractivity contribution in [3.8, 4) is 0 Å². The Kier molecular flexibility index (Phi) is 6.81. The summed E-state index contributed by atoms with van der Waals surface area (Å²) in [6.45, 7) is 6.72. The van der Waals surface area contributed by atoms with Crippen LogP contribution in [-0.2, 0) is 28.5 Å². The van der Waals surface area contributed by atoms with Crippen LogP contribution in [0.5, 0.6) is 0 Å². The molecule has 8 atom stereocenters. The molecule has 3 aliphatic rings. The zero-order valence-corrected chi connectivity index (χ0v) is 17.6. The first-order chi connectivity index (χ1) is 13.4. The molecule has 28 heavy (non-hydrogen) atoms. The van der Waals surface area contributed by atoms with Crippen LogP contribution in [0.4, 0.5) is 0 Å². The highest BCUT2D eigenvalue weighted by Crippen LogP contribution is 2.51. The Hall–Kier alpha value is -1.40. The third-order valence-corrected chi connectivity index (χ3v) is 6.88. The van der Waals surface area contributed by atoms with Gasteiger partial charge in [-0.2, -0.15) is 0 Å². The molecular weight excluding hydrogens is 360 g/mol. The van der Waals surface area contributed by atoms with Crippen molar-refractivity contribution in [3.63, 3.8) is 0 Å². The molecule has 0 spiro atoms. The molecule has 6 heteroatoms. The molecule has 0 N–H and O–H groups in total. The van der Waals surface area contributed by atoms with Crippen LogP contribution in [0, 0.1) is 41.4 Å². The van der Waals surface area contributed by atoms with E-state index in [2.05, 4.69) is 20.8 Å². The molecule has 6 nitrogen and oxygen atoms in total. The quantitative estimate of drug-likeness (QED) is 0.375. The van der Waals surface area contributed by atoms with Gasteiger partial charge in [0.05, 0.1) is 25.0 Å². The maximum Gasteiger partial charge on any atom is 0.310 e. The molecule has 0 aromatic carbocycles. The van der Waals surface area contributed by atoms with E-state index in [0.29, 0.717) is 17.8 Å². The van der Waals surface area contributed by atoms with E-state index < -0.39 is 11.8 Å². The lowest BCUT2D eigenvalue weighted by Gasteiger charge is -2.38. The van der Waals surface area contributed by atoms with Gasteiger partial charge in [-0.25, -0.2) is 0 Å². The number of ether oxygens (including phenoxy) is 4.